The Balaban J connectivity index is 2.07. The van der Waals surface area contributed by atoms with E-state index in [4.69, 9.17) is 5.11 Å². The SMILES string of the molecule is O=C(O)CC[C@H](NC(=O)[C@@H]1CCC(=O)N1)C(=O)N1CCC[C@H]1C(=O)O. The predicted molar refractivity (Wildman–Crippen MR) is 82.3 cm³/mol. The van der Waals surface area contributed by atoms with E-state index >= 15 is 0 Å². The highest BCUT2D eigenvalue weighted by Gasteiger charge is 2.38. The minimum absolute atomic E-state index is 0.149. The molecule has 0 radical (unpaired) electrons. The van der Waals surface area contributed by atoms with Crippen LogP contribution in [0.25, 0.3) is 0 Å². The van der Waals surface area contributed by atoms with Gasteiger partial charge in [-0.05, 0) is 25.7 Å². The monoisotopic (exact) mass is 355 g/mol. The lowest BCUT2D eigenvalue weighted by molar-refractivity contribution is -0.150. The number of carboxylic acid groups (broad SMARTS) is 2. The van der Waals surface area contributed by atoms with Gasteiger partial charge >= 0.3 is 11.9 Å². The Hall–Kier alpha value is -2.65. The van der Waals surface area contributed by atoms with E-state index in [-0.39, 0.29) is 31.7 Å². The number of rotatable bonds is 7. The fraction of sp³-hybridized carbons (Fsp3) is 0.667. The fourth-order valence-corrected chi connectivity index (χ4v) is 3.10. The van der Waals surface area contributed by atoms with Gasteiger partial charge in [-0.1, -0.05) is 0 Å². The second-order valence-electron chi connectivity index (χ2n) is 6.18. The molecular formula is C15H21N3O7. The summed E-state index contributed by atoms with van der Waals surface area (Å²) in [4.78, 5) is 59.3. The average Bonchev–Trinajstić information content (AvgIpc) is 3.19. The molecule has 3 amide bonds. The summed E-state index contributed by atoms with van der Waals surface area (Å²) in [6.07, 6.45) is 0.855. The molecule has 0 bridgehead atoms. The van der Waals surface area contributed by atoms with Crippen LogP contribution in [0.4, 0.5) is 0 Å². The highest BCUT2D eigenvalue weighted by Crippen LogP contribution is 2.20. The molecule has 10 nitrogen and oxygen atoms in total. The molecular weight excluding hydrogens is 334 g/mol. The molecule has 2 fully saturated rings. The van der Waals surface area contributed by atoms with Crippen LogP contribution < -0.4 is 10.6 Å². The van der Waals surface area contributed by atoms with Crippen molar-refractivity contribution in [1.29, 1.82) is 0 Å². The Morgan fingerprint density at radius 1 is 1.24 bits per heavy atom. The molecule has 4 N–H and O–H groups in total. The fourth-order valence-electron chi connectivity index (χ4n) is 3.10. The lowest BCUT2D eigenvalue weighted by Gasteiger charge is -2.27. The molecule has 2 aliphatic rings. The Morgan fingerprint density at radius 3 is 2.52 bits per heavy atom. The summed E-state index contributed by atoms with van der Waals surface area (Å²) in [5.74, 6) is -3.70. The van der Waals surface area contributed by atoms with Crippen molar-refractivity contribution < 1.29 is 34.2 Å². The van der Waals surface area contributed by atoms with Crippen molar-refractivity contribution in [2.45, 2.75) is 56.7 Å². The molecule has 2 rings (SSSR count). The predicted octanol–water partition coefficient (Wildman–Crippen LogP) is -1.31. The first-order valence-corrected chi connectivity index (χ1v) is 8.14. The van der Waals surface area contributed by atoms with Gasteiger partial charge in [-0.15, -0.1) is 0 Å². The molecule has 0 aromatic carbocycles. The third-order valence-corrected chi connectivity index (χ3v) is 4.39. The maximum Gasteiger partial charge on any atom is 0.326 e. The molecule has 2 heterocycles. The van der Waals surface area contributed by atoms with Crippen LogP contribution in [0.5, 0.6) is 0 Å². The Morgan fingerprint density at radius 2 is 1.96 bits per heavy atom. The first-order chi connectivity index (χ1) is 11.8. The maximum atomic E-state index is 12.7. The van der Waals surface area contributed by atoms with E-state index < -0.39 is 41.9 Å². The van der Waals surface area contributed by atoms with Gasteiger partial charge in [-0.25, -0.2) is 4.79 Å². The molecule has 2 aliphatic heterocycles. The number of nitrogens with one attached hydrogen (secondary N) is 2. The van der Waals surface area contributed by atoms with E-state index in [1.54, 1.807) is 0 Å². The number of carboxylic acids is 2. The minimum atomic E-state index is -1.14. The Bertz CT molecular complexity index is 592. The van der Waals surface area contributed by atoms with Crippen LogP contribution in [0.2, 0.25) is 0 Å². The topological polar surface area (TPSA) is 153 Å². The zero-order valence-corrected chi connectivity index (χ0v) is 13.6. The smallest absolute Gasteiger partial charge is 0.326 e. The molecule has 10 heteroatoms. The van der Waals surface area contributed by atoms with Gasteiger partial charge in [0.25, 0.3) is 0 Å². The summed E-state index contributed by atoms with van der Waals surface area (Å²) in [7, 11) is 0. The number of hydrogen-bond acceptors (Lipinski definition) is 5. The van der Waals surface area contributed by atoms with Gasteiger partial charge in [-0.3, -0.25) is 19.2 Å². The van der Waals surface area contributed by atoms with E-state index in [1.165, 1.54) is 4.90 Å². The highest BCUT2D eigenvalue weighted by atomic mass is 16.4. The lowest BCUT2D eigenvalue weighted by Crippen LogP contribution is -2.54. The van der Waals surface area contributed by atoms with E-state index in [0.717, 1.165) is 0 Å². The maximum absolute atomic E-state index is 12.7. The number of hydrogen-bond donors (Lipinski definition) is 4. The van der Waals surface area contributed by atoms with Crippen LogP contribution in [-0.2, 0) is 24.0 Å². The molecule has 3 atom stereocenters. The summed E-state index contributed by atoms with van der Waals surface area (Å²) < 4.78 is 0. The van der Waals surface area contributed by atoms with Gasteiger partial charge < -0.3 is 25.7 Å². The standard InChI is InChI=1S/C15H21N3O7/c19-11-5-3-8(16-11)13(22)17-9(4-6-12(20)21)14(23)18-7-1-2-10(18)15(24)25/h8-10H,1-7H2,(H,16,19)(H,17,22)(H,20,21)(H,24,25)/t8-,9-,10-/m0/s1. The van der Waals surface area contributed by atoms with Crippen molar-refractivity contribution in [3.05, 3.63) is 0 Å². The number of nitrogens with zero attached hydrogens (tertiary/aromatic N) is 1. The molecule has 138 valence electrons. The summed E-state index contributed by atoms with van der Waals surface area (Å²) in [6.45, 7) is 0.245. The van der Waals surface area contributed by atoms with Crippen molar-refractivity contribution in [3.63, 3.8) is 0 Å². The van der Waals surface area contributed by atoms with Crippen LogP contribution in [-0.4, -0.2) is 69.4 Å². The van der Waals surface area contributed by atoms with Gasteiger partial charge in [0.2, 0.25) is 17.7 Å². The summed E-state index contributed by atoms with van der Waals surface area (Å²) in [5.41, 5.74) is 0. The van der Waals surface area contributed by atoms with Gasteiger partial charge in [-0.2, -0.15) is 0 Å². The average molecular weight is 355 g/mol. The van der Waals surface area contributed by atoms with E-state index in [2.05, 4.69) is 10.6 Å². The molecule has 0 aromatic heterocycles. The lowest BCUT2D eigenvalue weighted by atomic mass is 10.1. The Kier molecular flexibility index (Phi) is 5.94. The second kappa shape index (κ2) is 7.95. The second-order valence-corrected chi connectivity index (χ2v) is 6.18. The van der Waals surface area contributed by atoms with Crippen molar-refractivity contribution in [3.8, 4) is 0 Å². The summed E-state index contributed by atoms with van der Waals surface area (Å²) in [6, 6.07) is -2.87. The molecule has 2 saturated heterocycles. The normalized spacial score (nSPS) is 23.8. The third-order valence-electron chi connectivity index (χ3n) is 4.39. The van der Waals surface area contributed by atoms with E-state index in [0.29, 0.717) is 19.3 Å². The van der Waals surface area contributed by atoms with E-state index in [1.807, 2.05) is 0 Å². The Labute approximate surface area is 143 Å². The zero-order chi connectivity index (χ0) is 18.6. The molecule has 0 unspecified atom stereocenters. The van der Waals surface area contributed by atoms with Crippen LogP contribution in [0.1, 0.15) is 38.5 Å². The van der Waals surface area contributed by atoms with Gasteiger partial charge in [0.05, 0.1) is 0 Å². The number of carbonyl (C=O) groups excluding carboxylic acids is 3. The van der Waals surface area contributed by atoms with Crippen LogP contribution in [0.3, 0.4) is 0 Å². The first kappa shape index (κ1) is 18.7. The van der Waals surface area contributed by atoms with Crippen molar-refractivity contribution >= 4 is 29.7 Å². The number of amides is 3. The van der Waals surface area contributed by atoms with Crippen molar-refractivity contribution in [1.82, 2.24) is 15.5 Å². The van der Waals surface area contributed by atoms with Crippen LogP contribution in [0.15, 0.2) is 0 Å². The molecule has 25 heavy (non-hydrogen) atoms. The molecule has 0 aromatic rings. The number of likely N-dealkylation sites (tertiary alicyclic amines) is 1. The molecule has 0 aliphatic carbocycles. The van der Waals surface area contributed by atoms with Gasteiger partial charge in [0, 0.05) is 19.4 Å². The number of aliphatic carboxylic acids is 2. The summed E-state index contributed by atoms with van der Waals surface area (Å²) >= 11 is 0. The highest BCUT2D eigenvalue weighted by molar-refractivity contribution is 5.95. The molecule has 0 saturated carbocycles. The molecule has 0 spiro atoms. The summed E-state index contributed by atoms with van der Waals surface area (Å²) in [5, 5.41) is 23.0. The van der Waals surface area contributed by atoms with Gasteiger partial charge in [0.15, 0.2) is 0 Å². The largest absolute Gasteiger partial charge is 0.481 e. The van der Waals surface area contributed by atoms with Gasteiger partial charge in [0.1, 0.15) is 18.1 Å². The van der Waals surface area contributed by atoms with Crippen LogP contribution in [0, 0.1) is 0 Å². The van der Waals surface area contributed by atoms with Crippen LogP contribution >= 0.6 is 0 Å². The minimum Gasteiger partial charge on any atom is -0.481 e. The quantitative estimate of drug-likeness (QED) is 0.442. The zero-order valence-electron chi connectivity index (χ0n) is 13.6. The number of carbonyl (C=O) groups is 5. The van der Waals surface area contributed by atoms with Crippen molar-refractivity contribution in [2.24, 2.45) is 0 Å². The first-order valence-electron chi connectivity index (χ1n) is 8.14. The van der Waals surface area contributed by atoms with Crippen molar-refractivity contribution in [2.75, 3.05) is 6.54 Å². The third kappa shape index (κ3) is 4.68. The van der Waals surface area contributed by atoms with E-state index in [9.17, 15) is 29.1 Å².